The minimum absolute atomic E-state index is 0.0193. The van der Waals surface area contributed by atoms with Crippen molar-refractivity contribution in [2.24, 2.45) is 0 Å². The number of aromatic nitrogens is 1. The van der Waals surface area contributed by atoms with Gasteiger partial charge in [-0.1, -0.05) is 152 Å². The van der Waals surface area contributed by atoms with E-state index in [1.54, 1.807) is 0 Å². The quantitative estimate of drug-likeness (QED) is 0.159. The van der Waals surface area contributed by atoms with Crippen LogP contribution in [0.15, 0.2) is 152 Å². The Bertz CT molecular complexity index is 3310. The maximum absolute atomic E-state index is 2.72. The van der Waals surface area contributed by atoms with Crippen molar-refractivity contribution in [2.45, 2.75) is 71.6 Å². The van der Waals surface area contributed by atoms with E-state index in [1.807, 2.05) is 0 Å². The molecule has 0 saturated heterocycles. The fourth-order valence-corrected chi connectivity index (χ4v) is 11.0. The first-order valence-electron chi connectivity index (χ1n) is 21.7. The molecule has 2 aliphatic heterocycles. The van der Waals surface area contributed by atoms with Crippen LogP contribution in [0.1, 0.15) is 77.6 Å². The average molecular weight is 773 g/mol. The van der Waals surface area contributed by atoms with Gasteiger partial charge in [0.05, 0.1) is 11.0 Å². The highest BCUT2D eigenvalue weighted by molar-refractivity contribution is 6.93. The minimum atomic E-state index is -0.0705. The summed E-state index contributed by atoms with van der Waals surface area (Å²) in [4.78, 5) is 2.72. The second kappa shape index (κ2) is 11.9. The van der Waals surface area contributed by atoms with Crippen LogP contribution in [0.2, 0.25) is 0 Å². The van der Waals surface area contributed by atoms with E-state index in [2.05, 4.69) is 216 Å². The Balaban J connectivity index is 1.26. The van der Waals surface area contributed by atoms with Crippen LogP contribution in [0.3, 0.4) is 0 Å². The van der Waals surface area contributed by atoms with Crippen molar-refractivity contribution in [1.82, 2.24) is 4.57 Å². The van der Waals surface area contributed by atoms with Crippen LogP contribution in [-0.2, 0) is 16.2 Å². The first-order chi connectivity index (χ1) is 28.8. The van der Waals surface area contributed by atoms with Gasteiger partial charge in [-0.05, 0) is 137 Å². The molecule has 3 aliphatic rings. The summed E-state index contributed by atoms with van der Waals surface area (Å²) in [6.45, 7) is 18.8. The molecule has 2 nitrogen and oxygen atoms in total. The highest BCUT2D eigenvalue weighted by atomic mass is 15.1. The van der Waals surface area contributed by atoms with Crippen molar-refractivity contribution >= 4 is 61.7 Å². The summed E-state index contributed by atoms with van der Waals surface area (Å²) in [7, 11) is 0. The van der Waals surface area contributed by atoms with E-state index in [1.165, 1.54) is 116 Å². The van der Waals surface area contributed by atoms with Gasteiger partial charge in [0.1, 0.15) is 0 Å². The number of hydrogen-bond acceptors (Lipinski definition) is 1. The third-order valence-corrected chi connectivity index (χ3v) is 14.2. The largest absolute Gasteiger partial charge is 0.376 e. The monoisotopic (exact) mass is 772 g/mol. The Morgan fingerprint density at radius 3 is 1.93 bits per heavy atom. The SMILES string of the molecule is CC(C)(C)c1ccc2c(c1)c1cc(C(C)(C)C)cc3c1n2-c1cc(-c2ccccc2)cc2c1B3N(c1ccc3c(c1)-c1ccccc1C3(C)C)c1cc3ccccc3cc1-2. The van der Waals surface area contributed by atoms with Crippen molar-refractivity contribution < 1.29 is 0 Å². The van der Waals surface area contributed by atoms with Crippen LogP contribution in [0.4, 0.5) is 11.4 Å². The molecule has 290 valence electrons. The van der Waals surface area contributed by atoms with Gasteiger partial charge in [-0.2, -0.15) is 0 Å². The lowest BCUT2D eigenvalue weighted by Gasteiger charge is -2.43. The lowest BCUT2D eigenvalue weighted by molar-refractivity contribution is 0.590. The van der Waals surface area contributed by atoms with E-state index in [9.17, 15) is 0 Å². The normalized spacial score (nSPS) is 14.7. The first-order valence-corrected chi connectivity index (χ1v) is 21.7. The fourth-order valence-electron chi connectivity index (χ4n) is 11.0. The summed E-state index contributed by atoms with van der Waals surface area (Å²) in [5, 5.41) is 5.18. The van der Waals surface area contributed by atoms with Crippen LogP contribution in [0, 0.1) is 0 Å². The van der Waals surface area contributed by atoms with Crippen LogP contribution in [0.25, 0.3) is 71.6 Å². The zero-order valence-electron chi connectivity index (χ0n) is 35.9. The smallest absolute Gasteiger partial charge is 0.333 e. The van der Waals surface area contributed by atoms with E-state index in [-0.39, 0.29) is 23.1 Å². The zero-order valence-corrected chi connectivity index (χ0v) is 35.9. The van der Waals surface area contributed by atoms with Gasteiger partial charge in [0.25, 0.3) is 0 Å². The first kappa shape index (κ1) is 35.6. The second-order valence-electron chi connectivity index (χ2n) is 20.2. The second-order valence-corrected chi connectivity index (χ2v) is 20.2. The molecule has 0 saturated carbocycles. The summed E-state index contributed by atoms with van der Waals surface area (Å²) in [6.07, 6.45) is 0. The van der Waals surface area contributed by atoms with Gasteiger partial charge in [0.2, 0.25) is 0 Å². The molecule has 0 atom stereocenters. The molecular formula is C57H49BN2. The van der Waals surface area contributed by atoms with Gasteiger partial charge in [0, 0.05) is 38.8 Å². The molecule has 0 unspecified atom stereocenters. The number of anilines is 2. The van der Waals surface area contributed by atoms with Crippen LogP contribution >= 0.6 is 0 Å². The van der Waals surface area contributed by atoms with Gasteiger partial charge in [-0.15, -0.1) is 0 Å². The van der Waals surface area contributed by atoms with E-state index in [0.717, 1.165) is 0 Å². The van der Waals surface area contributed by atoms with E-state index in [0.29, 0.717) is 0 Å². The Labute approximate surface area is 354 Å². The topological polar surface area (TPSA) is 8.17 Å². The highest BCUT2D eigenvalue weighted by Crippen LogP contribution is 2.52. The van der Waals surface area contributed by atoms with Crippen LogP contribution in [0.5, 0.6) is 0 Å². The molecule has 8 aromatic carbocycles. The molecule has 60 heavy (non-hydrogen) atoms. The van der Waals surface area contributed by atoms with Crippen LogP contribution in [-0.4, -0.2) is 11.4 Å². The van der Waals surface area contributed by atoms with Crippen molar-refractivity contribution in [3.63, 3.8) is 0 Å². The van der Waals surface area contributed by atoms with Crippen molar-refractivity contribution in [3.8, 4) is 39.1 Å². The molecule has 0 amide bonds. The Morgan fingerprint density at radius 1 is 0.483 bits per heavy atom. The van der Waals surface area contributed by atoms with Gasteiger partial charge >= 0.3 is 6.85 Å². The van der Waals surface area contributed by atoms with Gasteiger partial charge in [0.15, 0.2) is 0 Å². The maximum atomic E-state index is 2.72. The molecule has 3 heterocycles. The molecule has 3 heteroatoms. The summed E-state index contributed by atoms with van der Waals surface area (Å²) in [5.41, 5.74) is 22.2. The predicted molar refractivity (Wildman–Crippen MR) is 258 cm³/mol. The lowest BCUT2D eigenvalue weighted by atomic mass is 9.43. The number of nitrogens with zero attached hydrogens (tertiary/aromatic N) is 2. The molecule has 0 N–H and O–H groups in total. The van der Waals surface area contributed by atoms with Gasteiger partial charge in [-0.25, -0.2) is 0 Å². The highest BCUT2D eigenvalue weighted by Gasteiger charge is 2.46. The predicted octanol–water partition coefficient (Wildman–Crippen LogP) is 13.7. The average Bonchev–Trinajstić information content (AvgIpc) is 3.69. The van der Waals surface area contributed by atoms with E-state index >= 15 is 0 Å². The van der Waals surface area contributed by atoms with Gasteiger partial charge < -0.3 is 9.38 Å². The number of hydrogen-bond donors (Lipinski definition) is 0. The third-order valence-electron chi connectivity index (χ3n) is 14.2. The molecule has 12 rings (SSSR count). The van der Waals surface area contributed by atoms with Gasteiger partial charge in [-0.3, -0.25) is 0 Å². The minimum Gasteiger partial charge on any atom is -0.376 e. The van der Waals surface area contributed by atoms with E-state index in [4.69, 9.17) is 0 Å². The number of rotatable bonds is 2. The Kier molecular flexibility index (Phi) is 7.07. The molecule has 0 bridgehead atoms. The van der Waals surface area contributed by atoms with Crippen molar-refractivity contribution in [1.29, 1.82) is 0 Å². The number of benzene rings is 8. The summed E-state index contributed by atoms with van der Waals surface area (Å²) in [6, 6.07) is 58.5. The number of fused-ring (bicyclic) bond motifs is 11. The van der Waals surface area contributed by atoms with Crippen LogP contribution < -0.4 is 15.7 Å². The molecule has 0 spiro atoms. The standard InChI is InChI=1S/C57H49BN2/c1-55(2,3)38-22-25-50-44(30-38)46-31-39(56(4,5)6)32-49-54(46)59(50)52-29-37(34-16-10-9-11-17-34)27-45-43-26-35-18-12-13-19-36(35)28-51(43)60(58(49)53(45)52)40-23-24-48-42(33-40)41-20-14-15-21-47(41)57(48,7)8/h9-33H,1-8H3. The molecule has 9 aromatic rings. The molecule has 0 radical (unpaired) electrons. The molecule has 1 aromatic heterocycles. The fraction of sp³-hybridized carbons (Fsp3) is 0.193. The third kappa shape index (κ3) is 4.84. The zero-order chi connectivity index (χ0) is 41.0. The maximum Gasteiger partial charge on any atom is 0.333 e. The molecule has 1 aliphatic carbocycles. The summed E-state index contributed by atoms with van der Waals surface area (Å²) in [5.74, 6) is 0. The Hall–Kier alpha value is -6.32. The van der Waals surface area contributed by atoms with Crippen molar-refractivity contribution in [2.75, 3.05) is 4.81 Å². The molecule has 0 fully saturated rings. The summed E-state index contributed by atoms with van der Waals surface area (Å²) < 4.78 is 2.63. The summed E-state index contributed by atoms with van der Waals surface area (Å²) >= 11 is 0. The van der Waals surface area contributed by atoms with E-state index < -0.39 is 0 Å². The Morgan fingerprint density at radius 2 is 1.17 bits per heavy atom. The lowest BCUT2D eigenvalue weighted by Crippen LogP contribution is -2.60. The van der Waals surface area contributed by atoms with Crippen molar-refractivity contribution in [3.05, 3.63) is 174 Å². The molecular weight excluding hydrogens is 723 g/mol.